The molecule has 3 heterocycles. The van der Waals surface area contributed by atoms with Crippen LogP contribution in [0.5, 0.6) is 0 Å². The maximum Gasteiger partial charge on any atom is 0.416 e. The van der Waals surface area contributed by atoms with Crippen LogP contribution in [0.2, 0.25) is 0 Å². The second-order valence-corrected chi connectivity index (χ2v) is 8.11. The normalized spacial score (nSPS) is 14.4. The van der Waals surface area contributed by atoms with E-state index < -0.39 is 17.6 Å². The fourth-order valence-electron chi connectivity index (χ4n) is 4.07. The van der Waals surface area contributed by atoms with E-state index in [1.807, 2.05) is 4.90 Å². The van der Waals surface area contributed by atoms with Crippen LogP contribution in [0.25, 0.3) is 17.1 Å². The van der Waals surface area contributed by atoms with E-state index in [-0.39, 0.29) is 11.6 Å². The number of carbonyl (C=O) groups is 1. The van der Waals surface area contributed by atoms with Crippen molar-refractivity contribution in [1.82, 2.24) is 14.7 Å². The van der Waals surface area contributed by atoms with Crippen LogP contribution in [0.15, 0.2) is 77.4 Å². The van der Waals surface area contributed by atoms with E-state index in [0.717, 1.165) is 12.1 Å². The average molecular weight is 484 g/mol. The number of hydrogen-bond donors (Lipinski definition) is 0. The van der Waals surface area contributed by atoms with Crippen molar-refractivity contribution in [1.29, 1.82) is 0 Å². The van der Waals surface area contributed by atoms with Crippen LogP contribution in [0.3, 0.4) is 0 Å². The van der Waals surface area contributed by atoms with Gasteiger partial charge in [-0.25, -0.2) is 9.07 Å². The number of nitrogens with zero attached hydrogens (tertiary/aromatic N) is 4. The Morgan fingerprint density at radius 1 is 0.886 bits per heavy atom. The van der Waals surface area contributed by atoms with E-state index in [1.165, 1.54) is 41.3 Å². The zero-order valence-corrected chi connectivity index (χ0v) is 18.4. The Morgan fingerprint density at radius 2 is 1.63 bits per heavy atom. The summed E-state index contributed by atoms with van der Waals surface area (Å²) in [6.07, 6.45) is -2.92. The van der Waals surface area contributed by atoms with Crippen molar-refractivity contribution in [2.45, 2.75) is 6.18 Å². The molecule has 1 amide bonds. The fourth-order valence-corrected chi connectivity index (χ4v) is 4.07. The summed E-state index contributed by atoms with van der Waals surface area (Å²) in [5, 5.41) is 4.50. The topological polar surface area (TPSA) is 54.5 Å². The van der Waals surface area contributed by atoms with Crippen molar-refractivity contribution < 1.29 is 26.8 Å². The summed E-state index contributed by atoms with van der Waals surface area (Å²) in [5.74, 6) is -0.219. The third kappa shape index (κ3) is 4.64. The van der Waals surface area contributed by atoms with Crippen LogP contribution < -0.4 is 4.90 Å². The monoisotopic (exact) mass is 484 g/mol. The van der Waals surface area contributed by atoms with Crippen molar-refractivity contribution in [2.24, 2.45) is 0 Å². The van der Waals surface area contributed by atoms with Gasteiger partial charge in [0.2, 0.25) is 0 Å². The third-order valence-corrected chi connectivity index (χ3v) is 5.88. The first-order valence-electron chi connectivity index (χ1n) is 10.9. The minimum Gasteiger partial charge on any atom is -0.463 e. The van der Waals surface area contributed by atoms with Gasteiger partial charge in [0.15, 0.2) is 5.76 Å². The second kappa shape index (κ2) is 8.94. The molecule has 0 spiro atoms. The Hall–Kier alpha value is -4.08. The standard InChI is InChI=1S/C25H20F4N4O2/c26-18-6-8-19(9-7-18)33-22(16-21(30-33)23-5-2-14-35-23)24(34)32-12-10-31(11-13-32)20-4-1-3-17(15-20)25(27,28)29/h1-9,14-16H,10-13H2. The number of aromatic nitrogens is 2. The lowest BCUT2D eigenvalue weighted by molar-refractivity contribution is -0.137. The van der Waals surface area contributed by atoms with E-state index in [0.29, 0.717) is 49.0 Å². The minimum absolute atomic E-state index is 0.274. The molecule has 1 fully saturated rings. The van der Waals surface area contributed by atoms with Gasteiger partial charge < -0.3 is 14.2 Å². The van der Waals surface area contributed by atoms with E-state index in [9.17, 15) is 22.4 Å². The maximum absolute atomic E-state index is 13.5. The Balaban J connectivity index is 1.38. The predicted octanol–water partition coefficient (Wildman–Crippen LogP) is 5.25. The molecule has 0 radical (unpaired) electrons. The molecule has 1 aliphatic heterocycles. The van der Waals surface area contributed by atoms with Crippen LogP contribution in [-0.2, 0) is 6.18 Å². The van der Waals surface area contributed by atoms with Gasteiger partial charge >= 0.3 is 6.18 Å². The fraction of sp³-hybridized carbons (Fsp3) is 0.200. The molecule has 5 rings (SSSR count). The SMILES string of the molecule is O=C(c1cc(-c2ccco2)nn1-c1ccc(F)cc1)N1CCN(c2cccc(C(F)(F)F)c2)CC1. The number of anilines is 1. The van der Waals surface area contributed by atoms with Crippen LogP contribution in [-0.4, -0.2) is 46.8 Å². The highest BCUT2D eigenvalue weighted by Gasteiger charge is 2.32. The van der Waals surface area contributed by atoms with Gasteiger partial charge in [-0.15, -0.1) is 0 Å². The van der Waals surface area contributed by atoms with Gasteiger partial charge in [0.25, 0.3) is 5.91 Å². The lowest BCUT2D eigenvalue weighted by atomic mass is 10.1. The molecule has 6 nitrogen and oxygen atoms in total. The first kappa shape index (κ1) is 22.7. The first-order chi connectivity index (χ1) is 16.8. The number of benzene rings is 2. The van der Waals surface area contributed by atoms with Crippen molar-refractivity contribution in [3.63, 3.8) is 0 Å². The van der Waals surface area contributed by atoms with E-state index >= 15 is 0 Å². The quantitative estimate of drug-likeness (QED) is 0.371. The summed E-state index contributed by atoms with van der Waals surface area (Å²) in [6, 6.07) is 15.8. The summed E-state index contributed by atoms with van der Waals surface area (Å²) in [7, 11) is 0. The average Bonchev–Trinajstić information content (AvgIpc) is 3.54. The van der Waals surface area contributed by atoms with Crippen LogP contribution in [0, 0.1) is 5.82 Å². The van der Waals surface area contributed by atoms with Gasteiger partial charge in [-0.1, -0.05) is 6.07 Å². The molecule has 0 N–H and O–H groups in total. The van der Waals surface area contributed by atoms with Gasteiger partial charge in [0.05, 0.1) is 17.5 Å². The van der Waals surface area contributed by atoms with Crippen molar-refractivity contribution in [3.05, 3.63) is 90.1 Å². The van der Waals surface area contributed by atoms with Crippen LogP contribution >= 0.6 is 0 Å². The van der Waals surface area contributed by atoms with Gasteiger partial charge in [-0.2, -0.15) is 18.3 Å². The Bertz CT molecular complexity index is 1320. The molecule has 0 saturated carbocycles. The smallest absolute Gasteiger partial charge is 0.416 e. The van der Waals surface area contributed by atoms with E-state index in [2.05, 4.69) is 5.10 Å². The minimum atomic E-state index is -4.42. The van der Waals surface area contributed by atoms with Crippen molar-refractivity contribution in [2.75, 3.05) is 31.1 Å². The van der Waals surface area contributed by atoms with E-state index in [4.69, 9.17) is 4.42 Å². The summed E-state index contributed by atoms with van der Waals surface area (Å²) >= 11 is 0. The summed E-state index contributed by atoms with van der Waals surface area (Å²) in [5.41, 5.74) is 0.988. The molecule has 0 bridgehead atoms. The predicted molar refractivity (Wildman–Crippen MR) is 121 cm³/mol. The molecule has 0 unspecified atom stereocenters. The number of furan rings is 1. The highest BCUT2D eigenvalue weighted by atomic mass is 19.4. The summed E-state index contributed by atoms with van der Waals surface area (Å²) in [4.78, 5) is 16.9. The molecule has 1 saturated heterocycles. The van der Waals surface area contributed by atoms with Crippen molar-refractivity contribution in [3.8, 4) is 17.1 Å². The largest absolute Gasteiger partial charge is 0.463 e. The highest BCUT2D eigenvalue weighted by Crippen LogP contribution is 2.32. The van der Waals surface area contributed by atoms with Gasteiger partial charge in [0, 0.05) is 37.9 Å². The summed E-state index contributed by atoms with van der Waals surface area (Å²) in [6.45, 7) is 1.39. The lowest BCUT2D eigenvalue weighted by Crippen LogP contribution is -2.49. The highest BCUT2D eigenvalue weighted by molar-refractivity contribution is 5.94. The summed E-state index contributed by atoms with van der Waals surface area (Å²) < 4.78 is 59.6. The molecule has 2 aromatic heterocycles. The molecular formula is C25H20F4N4O2. The number of piperazine rings is 1. The van der Waals surface area contributed by atoms with Crippen LogP contribution in [0.1, 0.15) is 16.1 Å². The first-order valence-corrected chi connectivity index (χ1v) is 10.9. The molecule has 0 atom stereocenters. The number of alkyl halides is 3. The molecule has 0 aliphatic carbocycles. The number of carbonyl (C=O) groups excluding carboxylic acids is 1. The van der Waals surface area contributed by atoms with Gasteiger partial charge in [-0.05, 0) is 54.6 Å². The van der Waals surface area contributed by atoms with Gasteiger partial charge in [0.1, 0.15) is 17.2 Å². The van der Waals surface area contributed by atoms with E-state index in [1.54, 1.807) is 29.2 Å². The van der Waals surface area contributed by atoms with Gasteiger partial charge in [-0.3, -0.25) is 4.79 Å². The molecule has 10 heteroatoms. The lowest BCUT2D eigenvalue weighted by Gasteiger charge is -2.36. The molecule has 35 heavy (non-hydrogen) atoms. The third-order valence-electron chi connectivity index (χ3n) is 5.88. The molecule has 180 valence electrons. The number of halogens is 4. The number of rotatable bonds is 4. The molecule has 1 aliphatic rings. The Morgan fingerprint density at radius 3 is 2.29 bits per heavy atom. The molecule has 2 aromatic carbocycles. The number of amides is 1. The maximum atomic E-state index is 13.5. The number of hydrogen-bond acceptors (Lipinski definition) is 4. The Labute approximate surface area is 198 Å². The van der Waals surface area contributed by atoms with Crippen molar-refractivity contribution >= 4 is 11.6 Å². The zero-order chi connectivity index (χ0) is 24.6. The zero-order valence-electron chi connectivity index (χ0n) is 18.4. The second-order valence-electron chi connectivity index (χ2n) is 8.11. The molecule has 4 aromatic rings. The Kier molecular flexibility index (Phi) is 5.80. The van der Waals surface area contributed by atoms with Crippen LogP contribution in [0.4, 0.5) is 23.2 Å². The molecular weight excluding hydrogens is 464 g/mol.